The molecule has 22 heavy (non-hydrogen) atoms. The first kappa shape index (κ1) is 16.2. The second kappa shape index (κ2) is 7.22. The van der Waals surface area contributed by atoms with Gasteiger partial charge in [-0.25, -0.2) is 0 Å². The van der Waals surface area contributed by atoms with Gasteiger partial charge >= 0.3 is 0 Å². The Morgan fingerprint density at radius 1 is 1.32 bits per heavy atom. The van der Waals surface area contributed by atoms with Gasteiger partial charge in [0.25, 0.3) is 5.91 Å². The highest BCUT2D eigenvalue weighted by Crippen LogP contribution is 2.18. The first-order chi connectivity index (χ1) is 10.5. The van der Waals surface area contributed by atoms with Crippen molar-refractivity contribution in [3.8, 4) is 0 Å². The third-order valence-corrected chi connectivity index (χ3v) is 3.76. The van der Waals surface area contributed by atoms with Crippen LogP contribution < -0.4 is 5.32 Å². The molecule has 5 nitrogen and oxygen atoms in total. The second-order valence-corrected chi connectivity index (χ2v) is 5.51. The highest BCUT2D eigenvalue weighted by molar-refractivity contribution is 5.96. The molecule has 0 aliphatic carbocycles. The molecule has 1 aromatic heterocycles. The number of aryl methyl sites for hydroxylation is 2. The summed E-state index contributed by atoms with van der Waals surface area (Å²) in [6, 6.07) is 10.3. The fourth-order valence-corrected chi connectivity index (χ4v) is 2.50. The predicted octanol–water partition coefficient (Wildman–Crippen LogP) is 2.58. The Bertz CT molecular complexity index is 620. The van der Waals surface area contributed by atoms with Crippen LogP contribution in [0.15, 0.2) is 34.9 Å². The number of rotatable bonds is 6. The summed E-state index contributed by atoms with van der Waals surface area (Å²) in [6.45, 7) is 4.26. The summed E-state index contributed by atoms with van der Waals surface area (Å²) < 4.78 is 5.13. The molecule has 0 aliphatic rings. The molecule has 1 amide bonds. The fraction of sp³-hybridized carbons (Fsp3) is 0.412. The number of carbonyl (C=O) groups excluding carboxylic acids is 1. The van der Waals surface area contributed by atoms with Crippen LogP contribution in [-0.4, -0.2) is 36.6 Å². The van der Waals surface area contributed by atoms with Crippen LogP contribution >= 0.6 is 0 Å². The SMILES string of the molecule is CCc1noc(C)c1C(=O)NCC(c1ccccc1)N(C)C. The maximum atomic E-state index is 12.4. The van der Waals surface area contributed by atoms with Crippen molar-refractivity contribution < 1.29 is 9.32 Å². The lowest BCUT2D eigenvalue weighted by Crippen LogP contribution is -2.35. The van der Waals surface area contributed by atoms with Crippen molar-refractivity contribution in [1.82, 2.24) is 15.4 Å². The molecule has 2 rings (SSSR count). The van der Waals surface area contributed by atoms with E-state index in [1.54, 1.807) is 6.92 Å². The van der Waals surface area contributed by atoms with Gasteiger partial charge in [-0.3, -0.25) is 4.79 Å². The number of nitrogens with zero attached hydrogens (tertiary/aromatic N) is 2. The van der Waals surface area contributed by atoms with Crippen molar-refractivity contribution in [3.63, 3.8) is 0 Å². The summed E-state index contributed by atoms with van der Waals surface area (Å²) in [6.07, 6.45) is 0.676. The van der Waals surface area contributed by atoms with Gasteiger partial charge in [0.05, 0.1) is 11.7 Å². The Kier molecular flexibility index (Phi) is 5.33. The highest BCUT2D eigenvalue weighted by Gasteiger charge is 2.21. The van der Waals surface area contributed by atoms with Gasteiger partial charge in [-0.15, -0.1) is 0 Å². The van der Waals surface area contributed by atoms with Gasteiger partial charge in [0.15, 0.2) is 0 Å². The molecule has 1 N–H and O–H groups in total. The van der Waals surface area contributed by atoms with Crippen LogP contribution in [0.5, 0.6) is 0 Å². The zero-order valence-corrected chi connectivity index (χ0v) is 13.6. The number of hydrogen-bond acceptors (Lipinski definition) is 4. The third-order valence-electron chi connectivity index (χ3n) is 3.76. The summed E-state index contributed by atoms with van der Waals surface area (Å²) in [5, 5.41) is 6.93. The van der Waals surface area contributed by atoms with Gasteiger partial charge in [-0.05, 0) is 33.0 Å². The quantitative estimate of drug-likeness (QED) is 0.891. The third kappa shape index (κ3) is 3.54. The molecule has 0 saturated heterocycles. The predicted molar refractivity (Wildman–Crippen MR) is 85.8 cm³/mol. The molecule has 1 aromatic carbocycles. The normalized spacial score (nSPS) is 12.4. The van der Waals surface area contributed by atoms with Crippen molar-refractivity contribution >= 4 is 5.91 Å². The van der Waals surface area contributed by atoms with E-state index in [0.717, 1.165) is 0 Å². The highest BCUT2D eigenvalue weighted by atomic mass is 16.5. The summed E-state index contributed by atoms with van der Waals surface area (Å²) in [5.41, 5.74) is 2.44. The minimum Gasteiger partial charge on any atom is -0.361 e. The number of nitrogens with one attached hydrogen (secondary N) is 1. The zero-order chi connectivity index (χ0) is 16.1. The molecule has 0 saturated carbocycles. The van der Waals surface area contributed by atoms with Crippen molar-refractivity contribution in [2.24, 2.45) is 0 Å². The molecule has 0 radical (unpaired) electrons. The molecule has 0 fully saturated rings. The Morgan fingerprint density at radius 2 is 2.00 bits per heavy atom. The van der Waals surface area contributed by atoms with Crippen LogP contribution in [0.2, 0.25) is 0 Å². The van der Waals surface area contributed by atoms with E-state index in [1.165, 1.54) is 5.56 Å². The van der Waals surface area contributed by atoms with E-state index >= 15 is 0 Å². The molecule has 1 unspecified atom stereocenters. The van der Waals surface area contributed by atoms with E-state index in [2.05, 4.69) is 27.5 Å². The standard InChI is InChI=1S/C17H23N3O2/c1-5-14-16(12(2)22-19-14)17(21)18-11-15(20(3)4)13-9-7-6-8-10-13/h6-10,15H,5,11H2,1-4H3,(H,18,21). The summed E-state index contributed by atoms with van der Waals surface area (Å²) in [7, 11) is 4.01. The molecule has 5 heteroatoms. The number of aromatic nitrogens is 1. The van der Waals surface area contributed by atoms with Crippen LogP contribution in [0.4, 0.5) is 0 Å². The van der Waals surface area contributed by atoms with Crippen molar-refractivity contribution in [1.29, 1.82) is 0 Å². The zero-order valence-electron chi connectivity index (χ0n) is 13.6. The smallest absolute Gasteiger partial charge is 0.256 e. The Hall–Kier alpha value is -2.14. The minimum atomic E-state index is -0.126. The number of likely N-dealkylation sites (N-methyl/N-ethyl adjacent to an activating group) is 1. The van der Waals surface area contributed by atoms with Crippen LogP contribution in [0.3, 0.4) is 0 Å². The van der Waals surface area contributed by atoms with E-state index in [1.807, 2.05) is 39.2 Å². The van der Waals surface area contributed by atoms with Gasteiger partial charge in [0.2, 0.25) is 0 Å². The van der Waals surface area contributed by atoms with Crippen LogP contribution in [-0.2, 0) is 6.42 Å². The average Bonchev–Trinajstić information content (AvgIpc) is 2.89. The van der Waals surface area contributed by atoms with E-state index in [9.17, 15) is 4.79 Å². The van der Waals surface area contributed by atoms with Crippen molar-refractivity contribution in [2.75, 3.05) is 20.6 Å². The van der Waals surface area contributed by atoms with Gasteiger partial charge < -0.3 is 14.7 Å². The Balaban J connectivity index is 2.10. The van der Waals surface area contributed by atoms with E-state index in [4.69, 9.17) is 4.52 Å². The Labute approximate surface area is 131 Å². The monoisotopic (exact) mass is 301 g/mol. The van der Waals surface area contributed by atoms with Crippen molar-refractivity contribution in [2.45, 2.75) is 26.3 Å². The topological polar surface area (TPSA) is 58.4 Å². The molecular formula is C17H23N3O2. The van der Waals surface area contributed by atoms with E-state index < -0.39 is 0 Å². The Morgan fingerprint density at radius 3 is 2.59 bits per heavy atom. The first-order valence-electron chi connectivity index (χ1n) is 7.49. The molecule has 0 bridgehead atoms. The van der Waals surface area contributed by atoms with E-state index in [-0.39, 0.29) is 11.9 Å². The van der Waals surface area contributed by atoms with Crippen LogP contribution in [0, 0.1) is 6.92 Å². The van der Waals surface area contributed by atoms with Gasteiger partial charge in [-0.1, -0.05) is 42.4 Å². The number of benzene rings is 1. The van der Waals surface area contributed by atoms with Gasteiger partial charge in [-0.2, -0.15) is 0 Å². The molecule has 0 aliphatic heterocycles. The average molecular weight is 301 g/mol. The number of hydrogen-bond donors (Lipinski definition) is 1. The molecular weight excluding hydrogens is 278 g/mol. The van der Waals surface area contributed by atoms with Gasteiger partial charge in [0.1, 0.15) is 11.3 Å². The van der Waals surface area contributed by atoms with Crippen LogP contribution in [0.25, 0.3) is 0 Å². The van der Waals surface area contributed by atoms with Gasteiger partial charge in [0, 0.05) is 6.54 Å². The molecule has 1 heterocycles. The maximum absolute atomic E-state index is 12.4. The second-order valence-electron chi connectivity index (χ2n) is 5.51. The largest absolute Gasteiger partial charge is 0.361 e. The number of carbonyl (C=O) groups is 1. The first-order valence-corrected chi connectivity index (χ1v) is 7.49. The number of amides is 1. The van der Waals surface area contributed by atoms with Crippen molar-refractivity contribution in [3.05, 3.63) is 52.9 Å². The molecule has 1 atom stereocenters. The lowest BCUT2D eigenvalue weighted by Gasteiger charge is -2.25. The lowest BCUT2D eigenvalue weighted by molar-refractivity contribution is 0.0939. The molecule has 0 spiro atoms. The summed E-state index contributed by atoms with van der Waals surface area (Å²) in [4.78, 5) is 14.5. The lowest BCUT2D eigenvalue weighted by atomic mass is 10.1. The van der Waals surface area contributed by atoms with E-state index in [0.29, 0.717) is 30.0 Å². The summed E-state index contributed by atoms with van der Waals surface area (Å²) >= 11 is 0. The minimum absolute atomic E-state index is 0.121. The maximum Gasteiger partial charge on any atom is 0.256 e. The molecule has 118 valence electrons. The van der Waals surface area contributed by atoms with Crippen LogP contribution in [0.1, 0.15) is 40.3 Å². The summed E-state index contributed by atoms with van der Waals surface area (Å²) in [5.74, 6) is 0.439. The molecule has 2 aromatic rings. The fourth-order valence-electron chi connectivity index (χ4n) is 2.50.